The Hall–Kier alpha value is -0.0800. The molecule has 0 atom stereocenters. The molecule has 0 saturated heterocycles. The zero-order chi connectivity index (χ0) is 10.3. The fourth-order valence-electron chi connectivity index (χ4n) is 1.42. The third-order valence-electron chi connectivity index (χ3n) is 2.55. The molecule has 0 amide bonds. The van der Waals surface area contributed by atoms with Gasteiger partial charge < -0.3 is 10.6 Å². The van der Waals surface area contributed by atoms with Crippen LogP contribution in [0.2, 0.25) is 0 Å². The van der Waals surface area contributed by atoms with Gasteiger partial charge in [-0.15, -0.1) is 0 Å². The van der Waals surface area contributed by atoms with Gasteiger partial charge in [0.05, 0.1) is 0 Å². The molecule has 0 unspecified atom stereocenters. The summed E-state index contributed by atoms with van der Waals surface area (Å²) < 4.78 is 0. The molecule has 2 N–H and O–H groups in total. The first-order chi connectivity index (χ1) is 6.02. The standard InChI is InChI=1S/C11H26N2/c1-5-8-13(4)9-6-7-11(2,3)10-12/h5-10,12H2,1-4H3. The Kier molecular flexibility index (Phi) is 6.35. The molecule has 80 valence electrons. The van der Waals surface area contributed by atoms with E-state index < -0.39 is 0 Å². The molecule has 0 heterocycles. The van der Waals surface area contributed by atoms with E-state index in [0.29, 0.717) is 5.41 Å². The molecule has 0 aromatic heterocycles. The van der Waals surface area contributed by atoms with Crippen molar-refractivity contribution in [1.29, 1.82) is 0 Å². The first kappa shape index (κ1) is 12.9. The van der Waals surface area contributed by atoms with Gasteiger partial charge in [-0.2, -0.15) is 0 Å². The highest BCUT2D eigenvalue weighted by Crippen LogP contribution is 2.19. The zero-order valence-corrected chi connectivity index (χ0v) is 9.77. The quantitative estimate of drug-likeness (QED) is 0.659. The smallest absolute Gasteiger partial charge is 0.00216 e. The first-order valence-electron chi connectivity index (χ1n) is 5.40. The second-order valence-electron chi connectivity index (χ2n) is 4.78. The van der Waals surface area contributed by atoms with Crippen molar-refractivity contribution >= 4 is 0 Å². The van der Waals surface area contributed by atoms with E-state index in [1.807, 2.05) is 0 Å². The molecular weight excluding hydrogens is 160 g/mol. The van der Waals surface area contributed by atoms with Crippen LogP contribution in [-0.4, -0.2) is 31.6 Å². The minimum absolute atomic E-state index is 0.326. The Morgan fingerprint density at radius 2 is 1.85 bits per heavy atom. The molecule has 0 aromatic rings. The van der Waals surface area contributed by atoms with Crippen LogP contribution in [0.3, 0.4) is 0 Å². The van der Waals surface area contributed by atoms with E-state index in [0.717, 1.165) is 6.54 Å². The van der Waals surface area contributed by atoms with Crippen LogP contribution >= 0.6 is 0 Å². The van der Waals surface area contributed by atoms with E-state index in [1.54, 1.807) is 0 Å². The summed E-state index contributed by atoms with van der Waals surface area (Å²) in [4.78, 5) is 2.40. The lowest BCUT2D eigenvalue weighted by Crippen LogP contribution is -2.26. The summed E-state index contributed by atoms with van der Waals surface area (Å²) in [5.74, 6) is 0. The van der Waals surface area contributed by atoms with Crippen molar-refractivity contribution in [2.24, 2.45) is 11.1 Å². The summed E-state index contributed by atoms with van der Waals surface area (Å²) in [7, 11) is 2.19. The fraction of sp³-hybridized carbons (Fsp3) is 1.00. The summed E-state index contributed by atoms with van der Waals surface area (Å²) in [6.07, 6.45) is 3.75. The molecule has 2 nitrogen and oxygen atoms in total. The van der Waals surface area contributed by atoms with Crippen LogP contribution in [0.25, 0.3) is 0 Å². The van der Waals surface area contributed by atoms with Gasteiger partial charge in [0.25, 0.3) is 0 Å². The van der Waals surface area contributed by atoms with Crippen molar-refractivity contribution in [3.63, 3.8) is 0 Å². The van der Waals surface area contributed by atoms with Crippen LogP contribution in [0.4, 0.5) is 0 Å². The van der Waals surface area contributed by atoms with Gasteiger partial charge >= 0.3 is 0 Å². The lowest BCUT2D eigenvalue weighted by Gasteiger charge is -2.23. The van der Waals surface area contributed by atoms with E-state index in [1.165, 1.54) is 32.4 Å². The van der Waals surface area contributed by atoms with Crippen molar-refractivity contribution in [1.82, 2.24) is 4.90 Å². The van der Waals surface area contributed by atoms with Gasteiger partial charge in [0.15, 0.2) is 0 Å². The summed E-state index contributed by atoms with van der Waals surface area (Å²) in [6, 6.07) is 0. The molecule has 0 saturated carbocycles. The van der Waals surface area contributed by atoms with Crippen LogP contribution in [0, 0.1) is 5.41 Å². The molecular formula is C11H26N2. The number of nitrogens with zero attached hydrogens (tertiary/aromatic N) is 1. The van der Waals surface area contributed by atoms with Crippen molar-refractivity contribution < 1.29 is 0 Å². The lowest BCUT2D eigenvalue weighted by molar-refractivity contribution is 0.278. The van der Waals surface area contributed by atoms with Gasteiger partial charge in [0.1, 0.15) is 0 Å². The van der Waals surface area contributed by atoms with Crippen LogP contribution in [0.15, 0.2) is 0 Å². The third-order valence-corrected chi connectivity index (χ3v) is 2.55. The average Bonchev–Trinajstić information content (AvgIpc) is 2.05. The Morgan fingerprint density at radius 3 is 2.31 bits per heavy atom. The molecule has 0 bridgehead atoms. The molecule has 0 aliphatic heterocycles. The van der Waals surface area contributed by atoms with Gasteiger partial charge in [-0.3, -0.25) is 0 Å². The highest BCUT2D eigenvalue weighted by molar-refractivity contribution is 4.69. The monoisotopic (exact) mass is 186 g/mol. The van der Waals surface area contributed by atoms with E-state index in [9.17, 15) is 0 Å². The van der Waals surface area contributed by atoms with E-state index in [-0.39, 0.29) is 0 Å². The molecule has 0 aromatic carbocycles. The normalized spacial score (nSPS) is 12.5. The molecule has 2 heteroatoms. The maximum absolute atomic E-state index is 5.67. The molecule has 0 spiro atoms. The van der Waals surface area contributed by atoms with Gasteiger partial charge in [-0.1, -0.05) is 20.8 Å². The van der Waals surface area contributed by atoms with Gasteiger partial charge in [0.2, 0.25) is 0 Å². The number of hydrogen-bond donors (Lipinski definition) is 1. The SMILES string of the molecule is CCCN(C)CCCC(C)(C)CN. The first-order valence-corrected chi connectivity index (χ1v) is 5.40. The Labute approximate surface area is 83.5 Å². The summed E-state index contributed by atoms with van der Waals surface area (Å²) in [6.45, 7) is 9.92. The van der Waals surface area contributed by atoms with Gasteiger partial charge in [0, 0.05) is 0 Å². The minimum Gasteiger partial charge on any atom is -0.330 e. The summed E-state index contributed by atoms with van der Waals surface area (Å²) >= 11 is 0. The van der Waals surface area contributed by atoms with Crippen LogP contribution < -0.4 is 5.73 Å². The number of hydrogen-bond acceptors (Lipinski definition) is 2. The van der Waals surface area contributed by atoms with Gasteiger partial charge in [-0.05, 0) is 51.4 Å². The van der Waals surface area contributed by atoms with E-state index >= 15 is 0 Å². The Morgan fingerprint density at radius 1 is 1.23 bits per heavy atom. The predicted octanol–water partition coefficient (Wildman–Crippen LogP) is 2.09. The average molecular weight is 186 g/mol. The van der Waals surface area contributed by atoms with E-state index in [4.69, 9.17) is 5.73 Å². The predicted molar refractivity (Wildman–Crippen MR) is 59.9 cm³/mol. The summed E-state index contributed by atoms with van der Waals surface area (Å²) in [5.41, 5.74) is 5.99. The van der Waals surface area contributed by atoms with Crippen molar-refractivity contribution in [3.8, 4) is 0 Å². The molecule has 13 heavy (non-hydrogen) atoms. The zero-order valence-electron chi connectivity index (χ0n) is 9.77. The Bertz CT molecular complexity index is 121. The molecule has 0 aliphatic carbocycles. The molecule has 0 aliphatic rings. The molecule has 0 fully saturated rings. The lowest BCUT2D eigenvalue weighted by atomic mass is 9.88. The highest BCUT2D eigenvalue weighted by Gasteiger charge is 2.14. The van der Waals surface area contributed by atoms with Gasteiger partial charge in [-0.25, -0.2) is 0 Å². The topological polar surface area (TPSA) is 29.3 Å². The second-order valence-corrected chi connectivity index (χ2v) is 4.78. The fourth-order valence-corrected chi connectivity index (χ4v) is 1.42. The number of rotatable bonds is 7. The number of nitrogens with two attached hydrogens (primary N) is 1. The van der Waals surface area contributed by atoms with Crippen molar-refractivity contribution in [2.75, 3.05) is 26.7 Å². The maximum Gasteiger partial charge on any atom is -0.00216 e. The van der Waals surface area contributed by atoms with Crippen molar-refractivity contribution in [2.45, 2.75) is 40.0 Å². The van der Waals surface area contributed by atoms with Crippen LogP contribution in [0.1, 0.15) is 40.0 Å². The Balaban J connectivity index is 3.44. The second kappa shape index (κ2) is 6.39. The minimum atomic E-state index is 0.326. The summed E-state index contributed by atoms with van der Waals surface area (Å²) in [5, 5.41) is 0. The molecule has 0 rings (SSSR count). The van der Waals surface area contributed by atoms with Crippen LogP contribution in [0.5, 0.6) is 0 Å². The largest absolute Gasteiger partial charge is 0.330 e. The molecule has 0 radical (unpaired) electrons. The van der Waals surface area contributed by atoms with E-state index in [2.05, 4.69) is 32.7 Å². The van der Waals surface area contributed by atoms with Crippen LogP contribution in [-0.2, 0) is 0 Å². The highest BCUT2D eigenvalue weighted by atomic mass is 15.1. The van der Waals surface area contributed by atoms with Crippen molar-refractivity contribution in [3.05, 3.63) is 0 Å². The maximum atomic E-state index is 5.67. The third kappa shape index (κ3) is 7.03.